The van der Waals surface area contributed by atoms with Gasteiger partial charge in [0.1, 0.15) is 0 Å². The van der Waals surface area contributed by atoms with Gasteiger partial charge in [-0.25, -0.2) is 22.4 Å². The molecular formula is C21H21F3N4O3S. The van der Waals surface area contributed by atoms with E-state index in [1.165, 1.54) is 11.6 Å². The molecule has 3 rings (SSSR count). The summed E-state index contributed by atoms with van der Waals surface area (Å²) in [7, 11) is -3.00. The lowest BCUT2D eigenvalue weighted by Gasteiger charge is -2.20. The Bertz CT molecular complexity index is 1270. The van der Waals surface area contributed by atoms with Gasteiger partial charge in [0, 0.05) is 13.2 Å². The van der Waals surface area contributed by atoms with E-state index >= 15 is 0 Å². The van der Waals surface area contributed by atoms with E-state index < -0.39 is 27.7 Å². The number of pyridine rings is 1. The van der Waals surface area contributed by atoms with Crippen LogP contribution in [0.3, 0.4) is 0 Å². The Labute approximate surface area is 183 Å². The van der Waals surface area contributed by atoms with Crippen molar-refractivity contribution in [1.29, 1.82) is 0 Å². The minimum absolute atomic E-state index is 0.0137. The molecule has 170 valence electrons. The molecule has 0 saturated heterocycles. The molecule has 32 heavy (non-hydrogen) atoms. The summed E-state index contributed by atoms with van der Waals surface area (Å²) in [5.74, 6) is -0.759. The van der Waals surface area contributed by atoms with Gasteiger partial charge in [-0.2, -0.15) is 18.3 Å². The molecular weight excluding hydrogens is 445 g/mol. The van der Waals surface area contributed by atoms with Crippen molar-refractivity contribution in [2.45, 2.75) is 38.8 Å². The molecule has 0 unspecified atom stereocenters. The van der Waals surface area contributed by atoms with Crippen molar-refractivity contribution in [2.24, 2.45) is 0 Å². The third-order valence-electron chi connectivity index (χ3n) is 5.04. The lowest BCUT2D eigenvalue weighted by Crippen LogP contribution is -2.34. The highest BCUT2D eigenvalue weighted by molar-refractivity contribution is 7.89. The van der Waals surface area contributed by atoms with Crippen molar-refractivity contribution < 1.29 is 26.4 Å². The molecule has 11 heteroatoms. The van der Waals surface area contributed by atoms with Crippen LogP contribution in [0.25, 0.3) is 5.82 Å². The maximum absolute atomic E-state index is 13.2. The molecule has 0 spiro atoms. The van der Waals surface area contributed by atoms with Crippen LogP contribution in [0, 0.1) is 27.7 Å². The van der Waals surface area contributed by atoms with Crippen LogP contribution in [0.2, 0.25) is 0 Å². The largest absolute Gasteiger partial charge is 0.417 e. The van der Waals surface area contributed by atoms with Crippen LogP contribution >= 0.6 is 0 Å². The zero-order valence-electron chi connectivity index (χ0n) is 18.0. The fourth-order valence-electron chi connectivity index (χ4n) is 3.52. The zero-order chi connectivity index (χ0) is 24.0. The summed E-state index contributed by atoms with van der Waals surface area (Å²) in [6, 6.07) is 5.41. The molecule has 0 fully saturated rings. The predicted molar refractivity (Wildman–Crippen MR) is 111 cm³/mol. The standard InChI is InChI=1S/C21H21F3N4O3S/c1-12-8-13(2)19(14(3)9-12)32(30,31)27(5)20(29)17-11-26-28(15(17)4)18-7-6-16(10-25-18)21(22,23)24/h6-11H,1-5H3. The minimum atomic E-state index is -4.53. The fourth-order valence-corrected chi connectivity index (χ4v) is 5.04. The Morgan fingerprint density at radius 1 is 1.03 bits per heavy atom. The number of sulfonamides is 1. The number of carbonyl (C=O) groups excluding carboxylic acids is 1. The zero-order valence-corrected chi connectivity index (χ0v) is 18.8. The number of hydrogen-bond acceptors (Lipinski definition) is 5. The van der Waals surface area contributed by atoms with Crippen LogP contribution in [0.1, 0.15) is 38.3 Å². The number of hydrogen-bond donors (Lipinski definition) is 0. The molecule has 0 radical (unpaired) electrons. The Kier molecular flexibility index (Phi) is 5.90. The Morgan fingerprint density at radius 2 is 1.62 bits per heavy atom. The number of nitrogens with zero attached hydrogens (tertiary/aromatic N) is 4. The van der Waals surface area contributed by atoms with Crippen LogP contribution in [-0.4, -0.2) is 40.4 Å². The third-order valence-corrected chi connectivity index (χ3v) is 7.09. The van der Waals surface area contributed by atoms with Crippen molar-refractivity contribution in [3.63, 3.8) is 0 Å². The molecule has 0 N–H and O–H groups in total. The lowest BCUT2D eigenvalue weighted by molar-refractivity contribution is -0.137. The summed E-state index contributed by atoms with van der Waals surface area (Å²) in [5, 5.41) is 4.01. The number of aromatic nitrogens is 3. The number of benzene rings is 1. The Hall–Kier alpha value is -3.21. The topological polar surface area (TPSA) is 85.2 Å². The van der Waals surface area contributed by atoms with Crippen molar-refractivity contribution in [3.8, 4) is 5.82 Å². The summed E-state index contributed by atoms with van der Waals surface area (Å²) in [6.07, 6.45) is -2.70. The second-order valence-electron chi connectivity index (χ2n) is 7.46. The van der Waals surface area contributed by atoms with Gasteiger partial charge in [0.15, 0.2) is 5.82 Å². The molecule has 0 aliphatic carbocycles. The molecule has 0 aliphatic rings. The fraction of sp³-hybridized carbons (Fsp3) is 0.286. The van der Waals surface area contributed by atoms with E-state index in [2.05, 4.69) is 10.1 Å². The van der Waals surface area contributed by atoms with Gasteiger partial charge in [0.25, 0.3) is 15.9 Å². The average Bonchev–Trinajstić information content (AvgIpc) is 3.06. The summed E-state index contributed by atoms with van der Waals surface area (Å²) in [5.41, 5.74) is 1.24. The molecule has 0 bridgehead atoms. The minimum Gasteiger partial charge on any atom is -0.268 e. The molecule has 2 aromatic heterocycles. The van der Waals surface area contributed by atoms with Crippen molar-refractivity contribution >= 4 is 15.9 Å². The van der Waals surface area contributed by atoms with Crippen LogP contribution in [-0.2, 0) is 16.2 Å². The van der Waals surface area contributed by atoms with E-state index in [0.29, 0.717) is 21.6 Å². The van der Waals surface area contributed by atoms with E-state index in [4.69, 9.17) is 0 Å². The highest BCUT2D eigenvalue weighted by Crippen LogP contribution is 2.29. The average molecular weight is 466 g/mol. The normalized spacial score (nSPS) is 12.1. The number of halogens is 3. The van der Waals surface area contributed by atoms with Gasteiger partial charge in [-0.05, 0) is 51.0 Å². The first-order chi connectivity index (χ1) is 14.7. The molecule has 1 aromatic carbocycles. The molecule has 1 amide bonds. The van der Waals surface area contributed by atoms with Gasteiger partial charge in [-0.1, -0.05) is 17.7 Å². The van der Waals surface area contributed by atoms with Crippen LogP contribution in [0.4, 0.5) is 13.2 Å². The summed E-state index contributed by atoms with van der Waals surface area (Å²) in [4.78, 5) is 16.8. The first-order valence-electron chi connectivity index (χ1n) is 9.44. The van der Waals surface area contributed by atoms with Gasteiger partial charge < -0.3 is 0 Å². The number of rotatable bonds is 4. The van der Waals surface area contributed by atoms with Crippen LogP contribution in [0.15, 0.2) is 41.6 Å². The molecule has 0 saturated carbocycles. The van der Waals surface area contributed by atoms with Crippen LogP contribution in [0.5, 0.6) is 0 Å². The lowest BCUT2D eigenvalue weighted by atomic mass is 10.1. The van der Waals surface area contributed by atoms with Gasteiger partial charge in [0.2, 0.25) is 0 Å². The second-order valence-corrected chi connectivity index (χ2v) is 9.37. The summed E-state index contributed by atoms with van der Waals surface area (Å²) < 4.78 is 66.5. The number of alkyl halides is 3. The predicted octanol–water partition coefficient (Wildman–Crippen LogP) is 3.98. The van der Waals surface area contributed by atoms with Gasteiger partial charge >= 0.3 is 6.18 Å². The maximum Gasteiger partial charge on any atom is 0.417 e. The molecule has 0 aliphatic heterocycles. The van der Waals surface area contributed by atoms with Crippen molar-refractivity contribution in [1.82, 2.24) is 19.1 Å². The first kappa shape index (κ1) is 23.5. The molecule has 2 heterocycles. The van der Waals surface area contributed by atoms with Gasteiger partial charge in [0.05, 0.1) is 27.9 Å². The molecule has 3 aromatic rings. The smallest absolute Gasteiger partial charge is 0.268 e. The quantitative estimate of drug-likeness (QED) is 0.581. The molecule has 0 atom stereocenters. The monoisotopic (exact) mass is 466 g/mol. The third kappa shape index (κ3) is 4.12. The number of carbonyl (C=O) groups is 1. The second kappa shape index (κ2) is 8.05. The highest BCUT2D eigenvalue weighted by atomic mass is 32.2. The van der Waals surface area contributed by atoms with Crippen molar-refractivity contribution in [2.75, 3.05) is 7.05 Å². The first-order valence-corrected chi connectivity index (χ1v) is 10.9. The summed E-state index contributed by atoms with van der Waals surface area (Å²) >= 11 is 0. The Balaban J connectivity index is 1.96. The van der Waals surface area contributed by atoms with Crippen molar-refractivity contribution in [3.05, 3.63) is 70.2 Å². The highest BCUT2D eigenvalue weighted by Gasteiger charge is 2.32. The van der Waals surface area contributed by atoms with Gasteiger partial charge in [-0.3, -0.25) is 4.79 Å². The van der Waals surface area contributed by atoms with Crippen LogP contribution < -0.4 is 0 Å². The van der Waals surface area contributed by atoms with E-state index in [1.807, 2.05) is 6.92 Å². The van der Waals surface area contributed by atoms with Gasteiger partial charge in [-0.15, -0.1) is 0 Å². The molecule has 7 nitrogen and oxygen atoms in total. The Morgan fingerprint density at radius 3 is 2.12 bits per heavy atom. The van der Waals surface area contributed by atoms with E-state index in [-0.39, 0.29) is 22.0 Å². The van der Waals surface area contributed by atoms with E-state index in [0.717, 1.165) is 30.9 Å². The SMILES string of the molecule is Cc1cc(C)c(S(=O)(=O)N(C)C(=O)c2cnn(-c3ccc(C(F)(F)F)cn3)c2C)c(C)c1. The van der Waals surface area contributed by atoms with E-state index in [9.17, 15) is 26.4 Å². The van der Waals surface area contributed by atoms with E-state index in [1.54, 1.807) is 26.0 Å². The maximum atomic E-state index is 13.2. The summed E-state index contributed by atoms with van der Waals surface area (Å²) in [6.45, 7) is 6.66. The number of aryl methyl sites for hydroxylation is 3. The number of amides is 1.